The van der Waals surface area contributed by atoms with Crippen LogP contribution in [0.2, 0.25) is 13.7 Å². The Labute approximate surface area is 145 Å². The van der Waals surface area contributed by atoms with Gasteiger partial charge in [-0.3, -0.25) is 9.11 Å². The van der Waals surface area contributed by atoms with E-state index in [2.05, 4.69) is 11.2 Å². The van der Waals surface area contributed by atoms with E-state index in [0.717, 1.165) is 27.9 Å². The van der Waals surface area contributed by atoms with E-state index in [0.29, 0.717) is 19.3 Å². The van der Waals surface area contributed by atoms with Gasteiger partial charge < -0.3 is 0 Å². The van der Waals surface area contributed by atoms with E-state index in [1.165, 1.54) is 0 Å². The first-order valence-electron chi connectivity index (χ1n) is 4.33. The Morgan fingerprint density at radius 3 is 2.11 bits per heavy atom. The molecule has 0 aromatic heterocycles. The maximum Gasteiger partial charge on any atom is 0.263 e. The largest absolute Gasteiger partial charge is 0.285 e. The zero-order chi connectivity index (χ0) is 13.6. The smallest absolute Gasteiger partial charge is 0.263 e. The fraction of sp³-hybridized carbons (Fsp3) is 0.125. The topological polar surface area (TPSA) is 74.6 Å². The summed E-state index contributed by atoms with van der Waals surface area (Å²) < 4.78 is 24.6. The van der Waals surface area contributed by atoms with Crippen LogP contribution in [0.25, 0.3) is 0 Å². The SMILES string of the molecule is O=C([CH2][Na])c1ccc(Cl)c(Cl)c1.O=S(O)(O)=S.S. The van der Waals surface area contributed by atoms with Crippen LogP contribution in [-0.4, -0.2) is 47.0 Å². The summed E-state index contributed by atoms with van der Waals surface area (Å²) in [5.74, 6) is 0.139. The van der Waals surface area contributed by atoms with Crippen LogP contribution in [0.1, 0.15) is 10.4 Å². The average molecular weight is 359 g/mol. The summed E-state index contributed by atoms with van der Waals surface area (Å²) in [6, 6.07) is 4.97. The molecule has 0 aliphatic rings. The van der Waals surface area contributed by atoms with E-state index in [1.54, 1.807) is 18.2 Å². The number of hydrogen-bond acceptors (Lipinski definition) is 3. The van der Waals surface area contributed by atoms with Crippen molar-refractivity contribution in [3.63, 3.8) is 0 Å². The number of Topliss-reactive ketones (excluding diaryl/α,β-unsaturated/α-hetero) is 1. The average Bonchev–Trinajstić information content (AvgIpc) is 2.18. The molecule has 18 heavy (non-hydrogen) atoms. The first-order valence-corrected chi connectivity index (χ1v) is 8.90. The summed E-state index contributed by atoms with van der Waals surface area (Å²) in [5, 5.41) is 0.930. The molecule has 0 fully saturated rings. The van der Waals surface area contributed by atoms with Gasteiger partial charge in [0.2, 0.25) is 0 Å². The molecule has 0 heterocycles. The summed E-state index contributed by atoms with van der Waals surface area (Å²) in [6.07, 6.45) is 0. The third-order valence-corrected chi connectivity index (χ3v) is 2.94. The summed E-state index contributed by atoms with van der Waals surface area (Å²) in [7, 11) is -3.83. The molecule has 98 valence electrons. The van der Waals surface area contributed by atoms with Gasteiger partial charge in [-0.05, 0) is 0 Å². The summed E-state index contributed by atoms with van der Waals surface area (Å²) in [4.78, 5) is 11.2. The second-order valence-corrected chi connectivity index (χ2v) is 6.57. The molecule has 0 aliphatic heterocycles. The van der Waals surface area contributed by atoms with Crippen LogP contribution in [0, 0.1) is 0 Å². The monoisotopic (exact) mass is 358 g/mol. The van der Waals surface area contributed by atoms with E-state index in [4.69, 9.17) is 36.5 Å². The first kappa shape index (κ1) is 21.4. The van der Waals surface area contributed by atoms with E-state index in [1.807, 2.05) is 0 Å². The minimum Gasteiger partial charge on any atom is -0.285 e. The van der Waals surface area contributed by atoms with Crippen molar-refractivity contribution in [1.29, 1.82) is 0 Å². The number of hydrogen-bond donors (Lipinski definition) is 2. The van der Waals surface area contributed by atoms with Crippen molar-refractivity contribution in [3.05, 3.63) is 33.8 Å². The molecular formula is C8H9Cl2NaO4S3. The molecule has 0 unspecified atom stereocenters. The van der Waals surface area contributed by atoms with Gasteiger partial charge >= 0.3 is 99.2 Å². The van der Waals surface area contributed by atoms with Crippen molar-refractivity contribution >= 4 is 90.7 Å². The Morgan fingerprint density at radius 2 is 1.78 bits per heavy atom. The molecular weight excluding hydrogens is 350 g/mol. The zero-order valence-corrected chi connectivity index (χ0v) is 15.4. The molecule has 1 rings (SSSR count). The van der Waals surface area contributed by atoms with Gasteiger partial charge in [-0.15, -0.1) is 0 Å². The van der Waals surface area contributed by atoms with Crippen molar-refractivity contribution < 1.29 is 18.1 Å². The van der Waals surface area contributed by atoms with Crippen LogP contribution in [-0.2, 0) is 20.2 Å². The molecule has 10 heteroatoms. The number of rotatable bonds is 2. The molecule has 0 saturated carbocycles. The number of carbonyl (C=O) groups excluding carboxylic acids is 1. The second kappa shape index (κ2) is 9.93. The predicted octanol–water partition coefficient (Wildman–Crippen LogP) is 2.55. The molecule has 0 radical (unpaired) electrons. The maximum absolute atomic E-state index is 11.2. The standard InChI is InChI=1S/C8H5Cl2O.Na.H2O3S2.H2S/c1-5(11)6-2-3-7(9)8(10)4-6;;1-5(2,3)4;/h2-4H,1H2;;(H2,1,2,3,4);1H2. The molecule has 4 nitrogen and oxygen atoms in total. The quantitative estimate of drug-likeness (QED) is 0.627. The molecule has 0 bridgehead atoms. The van der Waals surface area contributed by atoms with E-state index in [-0.39, 0.29) is 19.3 Å². The summed E-state index contributed by atoms with van der Waals surface area (Å²) in [5.41, 5.74) is 0.652. The number of benzene rings is 1. The molecule has 0 spiro atoms. The van der Waals surface area contributed by atoms with Gasteiger partial charge in [0, 0.05) is 11.2 Å². The van der Waals surface area contributed by atoms with Crippen LogP contribution in [0.4, 0.5) is 0 Å². The molecule has 1 aromatic carbocycles. The Bertz CT molecular complexity index is 499. The fourth-order valence-corrected chi connectivity index (χ4v) is 1.58. The molecule has 0 amide bonds. The predicted molar refractivity (Wildman–Crippen MR) is 82.5 cm³/mol. The summed E-state index contributed by atoms with van der Waals surface area (Å²) >= 11 is 15.8. The molecule has 2 N–H and O–H groups in total. The summed E-state index contributed by atoms with van der Waals surface area (Å²) in [6.45, 7) is 0. The van der Waals surface area contributed by atoms with Crippen LogP contribution in [0.5, 0.6) is 0 Å². The van der Waals surface area contributed by atoms with Gasteiger partial charge in [-0.1, -0.05) is 0 Å². The van der Waals surface area contributed by atoms with Crippen LogP contribution in [0.15, 0.2) is 18.2 Å². The molecule has 0 atom stereocenters. The Morgan fingerprint density at radius 1 is 1.33 bits per heavy atom. The number of halogens is 2. The van der Waals surface area contributed by atoms with Crippen molar-refractivity contribution in [2.75, 3.05) is 0 Å². The van der Waals surface area contributed by atoms with Crippen molar-refractivity contribution in [2.45, 2.75) is 3.67 Å². The van der Waals surface area contributed by atoms with E-state index in [9.17, 15) is 4.79 Å². The number of ketones is 1. The third-order valence-electron chi connectivity index (χ3n) is 1.56. The normalized spacial score (nSPS) is 9.89. The van der Waals surface area contributed by atoms with Gasteiger partial charge in [-0.2, -0.15) is 17.7 Å². The van der Waals surface area contributed by atoms with Crippen LogP contribution < -0.4 is 0 Å². The van der Waals surface area contributed by atoms with Crippen molar-refractivity contribution in [3.8, 4) is 0 Å². The van der Waals surface area contributed by atoms with E-state index < -0.39 is 9.05 Å². The van der Waals surface area contributed by atoms with Crippen LogP contribution in [0.3, 0.4) is 0 Å². The Kier molecular flexibility index (Phi) is 11.8. The van der Waals surface area contributed by atoms with Gasteiger partial charge in [0.15, 0.2) is 0 Å². The van der Waals surface area contributed by atoms with Crippen molar-refractivity contribution in [1.82, 2.24) is 0 Å². The minimum atomic E-state index is -3.83. The van der Waals surface area contributed by atoms with Gasteiger partial charge in [-0.25, -0.2) is 0 Å². The van der Waals surface area contributed by atoms with Crippen molar-refractivity contribution in [2.24, 2.45) is 0 Å². The maximum atomic E-state index is 11.2. The fourth-order valence-electron chi connectivity index (χ4n) is 0.874. The third kappa shape index (κ3) is 11.0. The van der Waals surface area contributed by atoms with Gasteiger partial charge in [0.05, 0.1) is 0 Å². The van der Waals surface area contributed by atoms with Gasteiger partial charge in [0.1, 0.15) is 0 Å². The molecule has 1 aromatic rings. The molecule has 0 aliphatic carbocycles. The van der Waals surface area contributed by atoms with Gasteiger partial charge in [0.25, 0.3) is 9.05 Å². The second-order valence-electron chi connectivity index (χ2n) is 2.85. The minimum absolute atomic E-state index is 0. The zero-order valence-electron chi connectivity index (χ0n) is 9.22. The first-order chi connectivity index (χ1) is 7.65. The Balaban J connectivity index is 0. The number of carbonyl (C=O) groups is 1. The Hall–Kier alpha value is 1.11. The molecule has 0 saturated heterocycles. The van der Waals surface area contributed by atoms with E-state index >= 15 is 0 Å². The van der Waals surface area contributed by atoms with Crippen LogP contribution >= 0.6 is 36.7 Å².